The van der Waals surface area contributed by atoms with Crippen molar-refractivity contribution in [3.05, 3.63) is 81.7 Å². The number of carbonyl (C=O) groups is 3. The topological polar surface area (TPSA) is 349 Å². The first-order valence-electron chi connectivity index (χ1n) is 25.8. The molecule has 0 spiro atoms. The summed E-state index contributed by atoms with van der Waals surface area (Å²) in [5.74, 6) is -3.64. The number of H-pyrrole nitrogens is 2. The number of aromatic amines is 2. The highest BCUT2D eigenvalue weighted by Crippen LogP contribution is 2.45. The summed E-state index contributed by atoms with van der Waals surface area (Å²) in [7, 11) is 0. The van der Waals surface area contributed by atoms with Crippen LogP contribution in [-0.2, 0) is 33.2 Å². The summed E-state index contributed by atoms with van der Waals surface area (Å²) in [6.45, 7) is 8.08. The Morgan fingerprint density at radius 1 is 0.688 bits per heavy atom. The van der Waals surface area contributed by atoms with Gasteiger partial charge in [-0.3, -0.25) is 19.3 Å². The fourth-order valence-electron chi connectivity index (χ4n) is 9.54. The number of aryl methyl sites for hydroxylation is 1. The second-order valence-corrected chi connectivity index (χ2v) is 19.5. The monoisotopic (exact) mass is 1080 g/mol. The lowest BCUT2D eigenvalue weighted by Gasteiger charge is -2.35. The second-order valence-electron chi connectivity index (χ2n) is 19.5. The molecule has 424 valence electrons. The molecule has 6 atom stereocenters. The van der Waals surface area contributed by atoms with Gasteiger partial charge in [0, 0.05) is 40.7 Å². The molecule has 8 bridgehead atoms. The van der Waals surface area contributed by atoms with Crippen LogP contribution >= 0.6 is 0 Å². The fraction of sp³-hybridized carbons (Fsp3) is 0.574. The minimum absolute atomic E-state index is 0.0412. The Bertz CT molecular complexity index is 2610. The molecule has 77 heavy (non-hydrogen) atoms. The number of fused-ring (bicyclic) bond motifs is 8. The quantitative estimate of drug-likeness (QED) is 0.0465. The zero-order chi connectivity index (χ0) is 56.1. The molecule has 6 rings (SSSR count). The first-order valence-corrected chi connectivity index (χ1v) is 25.8. The highest BCUT2D eigenvalue weighted by Gasteiger charge is 2.44. The molecule has 4 aliphatic rings. The number of ether oxygens (including phenoxy) is 6. The van der Waals surface area contributed by atoms with Gasteiger partial charge >= 0.3 is 5.97 Å². The molecule has 2 aromatic rings. The minimum Gasteiger partial charge on any atom is -0.481 e. The standard InChI is InChI=1S/C54H75N5O18/c1-7-39-28(3)42-11-44-30(5)41(9-10-48(68)69)51(57-44)50-52-49(31(6)45(58-52)13-47-40(8-2)29(4)43(56-47)12-46(39)55-42)53(70)59(54(50)71)32(18-76-37(24-72-20-33(64)14-60)25-73-21-34(65)15-61)19-77-38(26-74-22-35(66)16-62)27-75-23-36(67)17-63/h7,11-13,30,32-38,41,57-58,60-67H,1,8-10,14-27H2,2-6H3,(H,68,69)/t30-,32?,33?,34?,35?,36?,37?,38?,41?/m0/s1. The van der Waals surface area contributed by atoms with Crippen molar-refractivity contribution in [1.82, 2.24) is 24.8 Å². The Labute approximate surface area is 446 Å². The molecular weight excluding hydrogens is 1010 g/mol. The molecule has 23 nitrogen and oxygen atoms in total. The molecule has 0 radical (unpaired) electrons. The number of aliphatic hydroxyl groups is 8. The minimum atomic E-state index is -1.32. The first-order chi connectivity index (χ1) is 36.9. The van der Waals surface area contributed by atoms with Gasteiger partial charge in [0.25, 0.3) is 11.8 Å². The summed E-state index contributed by atoms with van der Waals surface area (Å²) in [6.07, 6.45) is -4.82. The number of allylic oxidation sites excluding steroid dienone is 5. The number of amides is 2. The van der Waals surface area contributed by atoms with Gasteiger partial charge in [-0.15, -0.1) is 0 Å². The molecule has 5 unspecified atom stereocenters. The van der Waals surface area contributed by atoms with Crippen molar-refractivity contribution in [3.63, 3.8) is 0 Å². The van der Waals surface area contributed by atoms with Gasteiger partial charge in [-0.2, -0.15) is 0 Å². The van der Waals surface area contributed by atoms with Gasteiger partial charge < -0.3 is 84.3 Å². The van der Waals surface area contributed by atoms with Crippen molar-refractivity contribution in [1.29, 1.82) is 0 Å². The van der Waals surface area contributed by atoms with E-state index in [0.29, 0.717) is 51.7 Å². The lowest BCUT2D eigenvalue weighted by molar-refractivity contribution is -0.137. The average molecular weight is 1080 g/mol. The third-order valence-electron chi connectivity index (χ3n) is 13.9. The van der Waals surface area contributed by atoms with Crippen molar-refractivity contribution in [3.8, 4) is 0 Å². The number of carbonyl (C=O) groups excluding carboxylic acids is 2. The third kappa shape index (κ3) is 14.9. The number of hydrogen-bond acceptors (Lipinski definition) is 19. The van der Waals surface area contributed by atoms with Gasteiger partial charge in [0.2, 0.25) is 0 Å². The lowest BCUT2D eigenvalue weighted by Crippen LogP contribution is -2.52. The van der Waals surface area contributed by atoms with Crippen molar-refractivity contribution in [2.45, 2.75) is 108 Å². The van der Waals surface area contributed by atoms with E-state index in [1.807, 2.05) is 45.9 Å². The van der Waals surface area contributed by atoms with E-state index < -0.39 is 112 Å². The summed E-state index contributed by atoms with van der Waals surface area (Å²) >= 11 is 0. The highest BCUT2D eigenvalue weighted by molar-refractivity contribution is 6.23. The maximum atomic E-state index is 15.9. The molecular formula is C54H75N5O18. The second kappa shape index (κ2) is 28.5. The molecule has 6 heterocycles. The molecule has 0 fully saturated rings. The average Bonchev–Trinajstić information content (AvgIpc) is 4.13. The summed E-state index contributed by atoms with van der Waals surface area (Å²) in [4.78, 5) is 61.8. The van der Waals surface area contributed by atoms with E-state index in [4.69, 9.17) is 38.4 Å². The van der Waals surface area contributed by atoms with Crippen LogP contribution in [0.25, 0.3) is 33.3 Å². The predicted octanol–water partition coefficient (Wildman–Crippen LogP) is 1.77. The summed E-state index contributed by atoms with van der Waals surface area (Å²) in [6, 6.07) is 4.31. The van der Waals surface area contributed by atoms with Crippen molar-refractivity contribution < 1.29 is 88.8 Å². The van der Waals surface area contributed by atoms with Gasteiger partial charge in [0.15, 0.2) is 0 Å². The number of aliphatic hydroxyl groups excluding tert-OH is 8. The Hall–Kier alpha value is -5.35. The van der Waals surface area contributed by atoms with Crippen molar-refractivity contribution in [2.75, 3.05) is 92.5 Å². The van der Waals surface area contributed by atoms with Crippen LogP contribution in [0.15, 0.2) is 30.9 Å². The molecule has 0 saturated heterocycles. The van der Waals surface area contributed by atoms with E-state index >= 15 is 9.59 Å². The van der Waals surface area contributed by atoms with E-state index in [0.717, 1.165) is 27.2 Å². The van der Waals surface area contributed by atoms with E-state index in [2.05, 4.69) is 16.5 Å². The Morgan fingerprint density at radius 3 is 1.66 bits per heavy atom. The van der Waals surface area contributed by atoms with Crippen LogP contribution in [0, 0.1) is 6.92 Å². The van der Waals surface area contributed by atoms with Gasteiger partial charge in [0.1, 0.15) is 36.6 Å². The predicted molar refractivity (Wildman–Crippen MR) is 280 cm³/mol. The summed E-state index contributed by atoms with van der Waals surface area (Å²) in [5.41, 5.74) is 8.34. The molecule has 2 amide bonds. The van der Waals surface area contributed by atoms with Crippen molar-refractivity contribution in [2.24, 2.45) is 0 Å². The number of aliphatic carboxylic acids is 1. The van der Waals surface area contributed by atoms with Crippen LogP contribution in [-0.4, -0.2) is 224 Å². The Morgan fingerprint density at radius 2 is 1.18 bits per heavy atom. The molecule has 11 N–H and O–H groups in total. The summed E-state index contributed by atoms with van der Waals surface area (Å²) < 4.78 is 35.4. The van der Waals surface area contributed by atoms with Crippen LogP contribution in [0.3, 0.4) is 0 Å². The number of aromatic nitrogens is 4. The molecule has 0 aliphatic carbocycles. The normalized spacial score (nSPS) is 18.8. The number of carboxylic acids is 1. The Balaban J connectivity index is 1.57. The van der Waals surface area contributed by atoms with Crippen molar-refractivity contribution >= 4 is 51.1 Å². The van der Waals surface area contributed by atoms with Crippen LogP contribution in [0.2, 0.25) is 0 Å². The maximum absolute atomic E-state index is 15.9. The fourth-order valence-corrected chi connectivity index (χ4v) is 9.54. The molecule has 23 heteroatoms. The molecule has 0 saturated carbocycles. The van der Waals surface area contributed by atoms with Crippen LogP contribution in [0.5, 0.6) is 0 Å². The van der Waals surface area contributed by atoms with E-state index in [-0.39, 0.29) is 82.3 Å². The van der Waals surface area contributed by atoms with Crippen LogP contribution < -0.4 is 0 Å². The Kier molecular flexibility index (Phi) is 22.5. The van der Waals surface area contributed by atoms with Gasteiger partial charge in [-0.05, 0) is 74.1 Å². The molecule has 2 aromatic heterocycles. The van der Waals surface area contributed by atoms with Gasteiger partial charge in [-0.25, -0.2) is 9.97 Å². The van der Waals surface area contributed by atoms with E-state index in [1.165, 1.54) is 0 Å². The largest absolute Gasteiger partial charge is 0.481 e. The number of rotatable bonds is 32. The lowest BCUT2D eigenvalue weighted by atomic mass is 9.84. The number of hydrogen-bond donors (Lipinski definition) is 11. The van der Waals surface area contributed by atoms with Gasteiger partial charge in [0.05, 0.1) is 138 Å². The highest BCUT2D eigenvalue weighted by atomic mass is 16.6. The number of carboxylic acid groups (broad SMARTS) is 1. The zero-order valence-electron chi connectivity index (χ0n) is 44.3. The molecule has 4 aliphatic heterocycles. The number of nitrogens with one attached hydrogen (secondary N) is 2. The van der Waals surface area contributed by atoms with E-state index in [9.17, 15) is 50.8 Å². The third-order valence-corrected chi connectivity index (χ3v) is 13.9. The molecule has 0 aromatic carbocycles. The van der Waals surface area contributed by atoms with E-state index in [1.54, 1.807) is 13.0 Å². The number of nitrogens with zero attached hydrogens (tertiary/aromatic N) is 3. The van der Waals surface area contributed by atoms with Crippen LogP contribution in [0.1, 0.15) is 119 Å². The smallest absolute Gasteiger partial charge is 0.303 e. The zero-order valence-corrected chi connectivity index (χ0v) is 44.3. The maximum Gasteiger partial charge on any atom is 0.303 e. The SMILES string of the molecule is C=CC1=C(C)c2cc3[nH]c(c4c5[nH]c(cc6nc(cc1n2)C(C)=C6CC)c(C)c5C(=O)N(C(COC(COCC(O)CO)COCC(O)CO)COC(COCC(O)CO)COCC(O)CO)C4=O)C(CCC(=O)O)[C@@H]3C. The first kappa shape index (κ1) is 60.9. The summed E-state index contributed by atoms with van der Waals surface area (Å²) in [5, 5.41) is 88.0. The number of imide groups is 1. The van der Waals surface area contributed by atoms with Gasteiger partial charge in [-0.1, -0.05) is 26.5 Å². The van der Waals surface area contributed by atoms with Crippen LogP contribution in [0.4, 0.5) is 0 Å².